The van der Waals surface area contributed by atoms with E-state index in [1.54, 1.807) is 24.4 Å². The molecule has 1 fully saturated rings. The molecule has 0 unspecified atom stereocenters. The molecule has 0 bridgehead atoms. The maximum Gasteiger partial charge on any atom is 0.416 e. The number of nitrogens with zero attached hydrogens (tertiary/aromatic N) is 4. The van der Waals surface area contributed by atoms with Crippen LogP contribution in [0, 0.1) is 6.92 Å². The first kappa shape index (κ1) is 26.6. The number of aromatic nitrogens is 2. The quantitative estimate of drug-likeness (QED) is 0.366. The second kappa shape index (κ2) is 10.6. The number of fused-ring (bicyclic) bond motifs is 1. The van der Waals surface area contributed by atoms with E-state index in [1.165, 1.54) is 0 Å². The third-order valence-corrected chi connectivity index (χ3v) is 6.98. The molecule has 7 nitrogen and oxygen atoms in total. The maximum absolute atomic E-state index is 13.7. The predicted molar refractivity (Wildman–Crippen MR) is 146 cm³/mol. The first-order valence-electron chi connectivity index (χ1n) is 12.6. The Morgan fingerprint density at radius 2 is 1.79 bits per heavy atom. The number of rotatable bonds is 5. The number of piperazine rings is 1. The fraction of sp³-hybridized carbons (Fsp3) is 0.276. The maximum atomic E-state index is 13.7. The van der Waals surface area contributed by atoms with Crippen LogP contribution in [0.5, 0.6) is 0 Å². The molecular weight excluding hydrogens is 505 g/mol. The molecule has 202 valence electrons. The number of carbonyl (C=O) groups excluding carboxylic acids is 1. The van der Waals surface area contributed by atoms with Gasteiger partial charge in [0.2, 0.25) is 5.95 Å². The SMILES string of the molecule is Cc1cc(C(=O)Nc2cc(CN3CCN(C)CC3)cc(C(F)(F)F)c2)ccc1-c1ccc2nc(N)ncc2c1. The number of nitrogen functional groups attached to an aromatic ring is 1. The zero-order valence-corrected chi connectivity index (χ0v) is 21.7. The van der Waals surface area contributed by atoms with Gasteiger partial charge in [-0.25, -0.2) is 9.97 Å². The van der Waals surface area contributed by atoms with Crippen molar-refractivity contribution in [2.24, 2.45) is 0 Å². The van der Waals surface area contributed by atoms with Gasteiger partial charge in [0.05, 0.1) is 11.1 Å². The van der Waals surface area contributed by atoms with Gasteiger partial charge in [-0.15, -0.1) is 0 Å². The van der Waals surface area contributed by atoms with Crippen molar-refractivity contribution in [3.8, 4) is 11.1 Å². The Kier molecular flexibility index (Phi) is 7.24. The summed E-state index contributed by atoms with van der Waals surface area (Å²) >= 11 is 0. The van der Waals surface area contributed by atoms with Crippen LogP contribution in [0.1, 0.15) is 27.0 Å². The number of likely N-dealkylation sites (N-methyl/N-ethyl adjacent to an activating group) is 1. The van der Waals surface area contributed by atoms with Crippen molar-refractivity contribution < 1.29 is 18.0 Å². The molecule has 39 heavy (non-hydrogen) atoms. The minimum atomic E-state index is -4.52. The van der Waals surface area contributed by atoms with Gasteiger partial charge in [0.15, 0.2) is 0 Å². The van der Waals surface area contributed by atoms with Crippen molar-refractivity contribution in [2.75, 3.05) is 44.3 Å². The Balaban J connectivity index is 1.37. The Morgan fingerprint density at radius 3 is 2.51 bits per heavy atom. The molecule has 0 saturated carbocycles. The van der Waals surface area contributed by atoms with E-state index in [4.69, 9.17) is 5.73 Å². The lowest BCUT2D eigenvalue weighted by Crippen LogP contribution is -2.43. The normalized spacial score (nSPS) is 15.0. The summed E-state index contributed by atoms with van der Waals surface area (Å²) in [5.41, 5.74) is 9.28. The summed E-state index contributed by atoms with van der Waals surface area (Å²) in [5.74, 6) is -0.272. The number of amides is 1. The minimum Gasteiger partial charge on any atom is -0.368 e. The average Bonchev–Trinajstić information content (AvgIpc) is 2.89. The van der Waals surface area contributed by atoms with E-state index in [2.05, 4.69) is 25.1 Å². The van der Waals surface area contributed by atoms with Gasteiger partial charge >= 0.3 is 6.18 Å². The molecule has 2 heterocycles. The Hall–Kier alpha value is -4.02. The summed E-state index contributed by atoms with van der Waals surface area (Å²) in [5, 5.41) is 3.51. The molecule has 5 rings (SSSR count). The van der Waals surface area contributed by atoms with Crippen LogP contribution in [0.2, 0.25) is 0 Å². The Labute approximate surface area is 224 Å². The fourth-order valence-corrected chi connectivity index (χ4v) is 4.83. The highest BCUT2D eigenvalue weighted by molar-refractivity contribution is 6.05. The number of alkyl halides is 3. The van der Waals surface area contributed by atoms with Crippen LogP contribution >= 0.6 is 0 Å². The third kappa shape index (κ3) is 6.18. The van der Waals surface area contributed by atoms with Crippen molar-refractivity contribution in [1.29, 1.82) is 0 Å². The topological polar surface area (TPSA) is 87.4 Å². The van der Waals surface area contributed by atoms with E-state index in [-0.39, 0.29) is 11.6 Å². The van der Waals surface area contributed by atoms with E-state index in [0.29, 0.717) is 17.7 Å². The average molecular weight is 535 g/mol. The van der Waals surface area contributed by atoms with Gasteiger partial charge in [0, 0.05) is 55.6 Å². The number of hydrogen-bond donors (Lipinski definition) is 2. The van der Waals surface area contributed by atoms with Crippen LogP contribution in [-0.2, 0) is 12.7 Å². The van der Waals surface area contributed by atoms with Gasteiger partial charge in [0.1, 0.15) is 0 Å². The molecule has 10 heteroatoms. The zero-order chi connectivity index (χ0) is 27.7. The molecule has 0 spiro atoms. The van der Waals surface area contributed by atoms with E-state index in [1.807, 2.05) is 38.2 Å². The number of nitrogens with one attached hydrogen (secondary N) is 1. The molecule has 3 N–H and O–H groups in total. The van der Waals surface area contributed by atoms with Crippen LogP contribution in [-0.4, -0.2) is 58.9 Å². The lowest BCUT2D eigenvalue weighted by Gasteiger charge is -2.32. The van der Waals surface area contributed by atoms with Gasteiger partial charge in [-0.1, -0.05) is 12.1 Å². The molecule has 0 aliphatic carbocycles. The molecule has 1 saturated heterocycles. The Bertz CT molecular complexity index is 1530. The number of aryl methyl sites for hydroxylation is 1. The predicted octanol–water partition coefficient (Wildman–Crippen LogP) is 5.21. The van der Waals surface area contributed by atoms with E-state index < -0.39 is 17.6 Å². The second-order valence-electron chi connectivity index (χ2n) is 9.98. The third-order valence-electron chi connectivity index (χ3n) is 6.98. The molecule has 1 aromatic heterocycles. The summed E-state index contributed by atoms with van der Waals surface area (Å²) in [4.78, 5) is 25.6. The second-order valence-corrected chi connectivity index (χ2v) is 9.98. The van der Waals surface area contributed by atoms with Crippen molar-refractivity contribution >= 4 is 28.4 Å². The van der Waals surface area contributed by atoms with Gasteiger partial charge in [0.25, 0.3) is 5.91 Å². The highest BCUT2D eigenvalue weighted by Crippen LogP contribution is 2.33. The van der Waals surface area contributed by atoms with Gasteiger partial charge in [-0.3, -0.25) is 9.69 Å². The number of hydrogen-bond acceptors (Lipinski definition) is 6. The molecule has 4 aromatic rings. The largest absolute Gasteiger partial charge is 0.416 e. The highest BCUT2D eigenvalue weighted by Gasteiger charge is 2.31. The summed E-state index contributed by atoms with van der Waals surface area (Å²) in [6.45, 7) is 5.54. The molecule has 1 aliphatic rings. The van der Waals surface area contributed by atoms with E-state index >= 15 is 0 Å². The standard InChI is InChI=1S/C29H29F3N6O/c1-18-11-21(3-5-25(18)20-4-6-26-22(14-20)16-34-28(33)36-26)27(39)35-24-13-19(12-23(15-24)29(30,31)32)17-38-9-7-37(2)8-10-38/h3-6,11-16H,7-10,17H2,1-2H3,(H,35,39)(H2,33,34,36). The fourth-order valence-electron chi connectivity index (χ4n) is 4.83. The minimum absolute atomic E-state index is 0.120. The first-order chi connectivity index (χ1) is 18.5. The number of nitrogens with two attached hydrogens (primary N) is 1. The van der Waals surface area contributed by atoms with Gasteiger partial charge in [-0.05, 0) is 78.7 Å². The van der Waals surface area contributed by atoms with Gasteiger partial charge in [-0.2, -0.15) is 13.2 Å². The molecule has 1 amide bonds. The molecular formula is C29H29F3N6O. The van der Waals surface area contributed by atoms with Crippen molar-refractivity contribution in [1.82, 2.24) is 19.8 Å². The van der Waals surface area contributed by atoms with Crippen LogP contribution in [0.15, 0.2) is 60.8 Å². The van der Waals surface area contributed by atoms with Crippen molar-refractivity contribution in [3.05, 3.63) is 83.0 Å². The summed E-state index contributed by atoms with van der Waals surface area (Å²) in [7, 11) is 2.02. The van der Waals surface area contributed by atoms with Crippen LogP contribution in [0.25, 0.3) is 22.0 Å². The van der Waals surface area contributed by atoms with E-state index in [9.17, 15) is 18.0 Å². The lowest BCUT2D eigenvalue weighted by molar-refractivity contribution is -0.137. The molecule has 3 aromatic carbocycles. The lowest BCUT2D eigenvalue weighted by atomic mass is 9.97. The first-order valence-corrected chi connectivity index (χ1v) is 12.6. The van der Waals surface area contributed by atoms with Crippen LogP contribution < -0.4 is 11.1 Å². The highest BCUT2D eigenvalue weighted by atomic mass is 19.4. The Morgan fingerprint density at radius 1 is 1.03 bits per heavy atom. The summed E-state index contributed by atoms with van der Waals surface area (Å²) in [6.07, 6.45) is -2.86. The van der Waals surface area contributed by atoms with Crippen molar-refractivity contribution in [3.63, 3.8) is 0 Å². The van der Waals surface area contributed by atoms with Gasteiger partial charge < -0.3 is 16.0 Å². The molecule has 0 radical (unpaired) electrons. The van der Waals surface area contributed by atoms with Crippen LogP contribution in [0.4, 0.5) is 24.8 Å². The number of benzene rings is 3. The summed E-state index contributed by atoms with van der Waals surface area (Å²) < 4.78 is 41.0. The number of carbonyl (C=O) groups is 1. The monoisotopic (exact) mass is 534 g/mol. The number of halogens is 3. The van der Waals surface area contributed by atoms with E-state index in [0.717, 1.165) is 65.9 Å². The smallest absolute Gasteiger partial charge is 0.368 e. The molecule has 1 aliphatic heterocycles. The van der Waals surface area contributed by atoms with Crippen LogP contribution in [0.3, 0.4) is 0 Å². The molecule has 0 atom stereocenters. The van der Waals surface area contributed by atoms with Crippen molar-refractivity contribution in [2.45, 2.75) is 19.6 Å². The zero-order valence-electron chi connectivity index (χ0n) is 21.7. The number of anilines is 2. The summed E-state index contributed by atoms with van der Waals surface area (Å²) in [6, 6.07) is 14.7.